The number of carbonyl (C=O) groups excluding carboxylic acids is 1. The molecule has 0 saturated carbocycles. The highest BCUT2D eigenvalue weighted by molar-refractivity contribution is 9.09. The van der Waals surface area contributed by atoms with Crippen LogP contribution in [0.15, 0.2) is 42.6 Å². The Labute approximate surface area is 120 Å². The highest BCUT2D eigenvalue weighted by Crippen LogP contribution is 2.06. The predicted molar refractivity (Wildman–Crippen MR) is 78.4 cm³/mol. The number of carbonyl (C=O) groups is 1. The summed E-state index contributed by atoms with van der Waals surface area (Å²) in [6, 6.07) is 11.9. The lowest BCUT2D eigenvalue weighted by atomic mass is 10.1. The van der Waals surface area contributed by atoms with Gasteiger partial charge in [-0.05, 0) is 18.1 Å². The fourth-order valence-corrected chi connectivity index (χ4v) is 2.29. The minimum Gasteiger partial charge on any atom is -0.347 e. The summed E-state index contributed by atoms with van der Waals surface area (Å²) in [6.45, 7) is 0. The van der Waals surface area contributed by atoms with Gasteiger partial charge in [0.1, 0.15) is 5.69 Å². The van der Waals surface area contributed by atoms with Gasteiger partial charge in [0.05, 0.1) is 0 Å². The molecule has 4 nitrogen and oxygen atoms in total. The molecule has 1 atom stereocenters. The van der Waals surface area contributed by atoms with E-state index in [1.165, 1.54) is 5.56 Å². The van der Waals surface area contributed by atoms with E-state index in [0.717, 1.165) is 6.42 Å². The van der Waals surface area contributed by atoms with Crippen LogP contribution in [0.5, 0.6) is 0 Å². The van der Waals surface area contributed by atoms with E-state index in [1.807, 2.05) is 18.2 Å². The van der Waals surface area contributed by atoms with Crippen LogP contribution in [0.4, 0.5) is 0 Å². The van der Waals surface area contributed by atoms with Crippen LogP contribution >= 0.6 is 15.9 Å². The van der Waals surface area contributed by atoms with E-state index in [1.54, 1.807) is 24.0 Å². The summed E-state index contributed by atoms with van der Waals surface area (Å²) in [7, 11) is 1.76. The Kier molecular flexibility index (Phi) is 4.74. The summed E-state index contributed by atoms with van der Waals surface area (Å²) in [5.41, 5.74) is 1.77. The zero-order valence-corrected chi connectivity index (χ0v) is 12.3. The molecule has 2 aromatic rings. The molecule has 5 heteroatoms. The number of hydrogen-bond donors (Lipinski definition) is 1. The largest absolute Gasteiger partial charge is 0.347 e. The molecule has 1 heterocycles. The van der Waals surface area contributed by atoms with Gasteiger partial charge in [0.15, 0.2) is 0 Å². The Morgan fingerprint density at radius 3 is 2.68 bits per heavy atom. The first kappa shape index (κ1) is 13.8. The van der Waals surface area contributed by atoms with Crippen molar-refractivity contribution in [2.45, 2.75) is 12.5 Å². The average Bonchev–Trinajstić information content (AvgIpc) is 2.85. The second-order valence-electron chi connectivity index (χ2n) is 4.35. The van der Waals surface area contributed by atoms with E-state index in [2.05, 4.69) is 38.5 Å². The molecule has 0 radical (unpaired) electrons. The average molecular weight is 322 g/mol. The molecule has 1 aromatic carbocycles. The number of benzene rings is 1. The molecule has 0 aliphatic heterocycles. The summed E-state index contributed by atoms with van der Waals surface area (Å²) in [5.74, 6) is -0.0969. The van der Waals surface area contributed by atoms with Gasteiger partial charge in [0, 0.05) is 24.6 Å². The van der Waals surface area contributed by atoms with Crippen molar-refractivity contribution in [1.29, 1.82) is 0 Å². The van der Waals surface area contributed by atoms with Crippen molar-refractivity contribution in [1.82, 2.24) is 15.1 Å². The molecule has 0 saturated heterocycles. The Bertz CT molecular complexity index is 539. The van der Waals surface area contributed by atoms with E-state index < -0.39 is 0 Å². The lowest BCUT2D eigenvalue weighted by Gasteiger charge is -2.16. The predicted octanol–water partition coefficient (Wildman–Crippen LogP) is 2.16. The molecule has 1 amide bonds. The molecule has 0 aliphatic carbocycles. The molecule has 1 N–H and O–H groups in total. The van der Waals surface area contributed by atoms with Crippen LogP contribution in [0.1, 0.15) is 16.1 Å². The van der Waals surface area contributed by atoms with E-state index in [9.17, 15) is 4.79 Å². The van der Waals surface area contributed by atoms with Crippen molar-refractivity contribution in [3.05, 3.63) is 53.9 Å². The van der Waals surface area contributed by atoms with E-state index in [4.69, 9.17) is 0 Å². The fourth-order valence-electron chi connectivity index (χ4n) is 1.90. The number of rotatable bonds is 5. The van der Waals surface area contributed by atoms with Crippen molar-refractivity contribution >= 4 is 21.8 Å². The van der Waals surface area contributed by atoms with Crippen LogP contribution in [-0.2, 0) is 13.5 Å². The van der Waals surface area contributed by atoms with Gasteiger partial charge >= 0.3 is 0 Å². The van der Waals surface area contributed by atoms with Gasteiger partial charge in [-0.15, -0.1) is 0 Å². The molecular weight excluding hydrogens is 306 g/mol. The molecule has 2 rings (SSSR count). The molecule has 19 heavy (non-hydrogen) atoms. The number of aryl methyl sites for hydroxylation is 1. The van der Waals surface area contributed by atoms with E-state index in [-0.39, 0.29) is 11.9 Å². The molecule has 0 spiro atoms. The van der Waals surface area contributed by atoms with Crippen molar-refractivity contribution in [2.24, 2.45) is 7.05 Å². The van der Waals surface area contributed by atoms with Gasteiger partial charge in [-0.3, -0.25) is 9.48 Å². The van der Waals surface area contributed by atoms with Crippen LogP contribution in [-0.4, -0.2) is 27.1 Å². The molecule has 1 aromatic heterocycles. The first-order valence-electron chi connectivity index (χ1n) is 6.09. The monoisotopic (exact) mass is 321 g/mol. The molecular formula is C14H16BrN3O. The lowest BCUT2D eigenvalue weighted by Crippen LogP contribution is -2.38. The van der Waals surface area contributed by atoms with Crippen molar-refractivity contribution in [3.8, 4) is 0 Å². The number of hydrogen-bond acceptors (Lipinski definition) is 2. The van der Waals surface area contributed by atoms with Gasteiger partial charge in [-0.25, -0.2) is 0 Å². The Hall–Kier alpha value is -1.62. The molecule has 100 valence electrons. The highest BCUT2D eigenvalue weighted by Gasteiger charge is 2.15. The molecule has 0 bridgehead atoms. The van der Waals surface area contributed by atoms with Crippen molar-refractivity contribution < 1.29 is 4.79 Å². The second-order valence-corrected chi connectivity index (χ2v) is 5.00. The molecule has 1 unspecified atom stereocenters. The number of nitrogens with one attached hydrogen (secondary N) is 1. The number of halogens is 1. The number of aromatic nitrogens is 2. The smallest absolute Gasteiger partial charge is 0.269 e. The van der Waals surface area contributed by atoms with Crippen LogP contribution < -0.4 is 5.32 Å². The minimum absolute atomic E-state index is 0.0600. The van der Waals surface area contributed by atoms with Crippen LogP contribution in [0.2, 0.25) is 0 Å². The topological polar surface area (TPSA) is 46.9 Å². The quantitative estimate of drug-likeness (QED) is 0.858. The second kappa shape index (κ2) is 6.52. The standard InChI is InChI=1S/C14H16BrN3O/c1-18-13(7-8-16-18)14(19)17-12(10-15)9-11-5-3-2-4-6-11/h2-8,12H,9-10H2,1H3,(H,17,19). The van der Waals surface area contributed by atoms with Crippen LogP contribution in [0.25, 0.3) is 0 Å². The first-order chi connectivity index (χ1) is 9.20. The molecule has 0 aliphatic rings. The number of alkyl halides is 1. The summed E-state index contributed by atoms with van der Waals surface area (Å²) in [5, 5.41) is 7.72. The van der Waals surface area contributed by atoms with Gasteiger partial charge in [0.2, 0.25) is 0 Å². The third kappa shape index (κ3) is 3.67. The van der Waals surface area contributed by atoms with Gasteiger partial charge < -0.3 is 5.32 Å². The Morgan fingerprint density at radius 1 is 1.37 bits per heavy atom. The van der Waals surface area contributed by atoms with Crippen LogP contribution in [0.3, 0.4) is 0 Å². The first-order valence-corrected chi connectivity index (χ1v) is 7.21. The maximum atomic E-state index is 12.1. The van der Waals surface area contributed by atoms with Gasteiger partial charge in [-0.1, -0.05) is 46.3 Å². The summed E-state index contributed by atoms with van der Waals surface area (Å²) in [6.07, 6.45) is 2.42. The van der Waals surface area contributed by atoms with Gasteiger partial charge in [0.25, 0.3) is 5.91 Å². The zero-order valence-electron chi connectivity index (χ0n) is 10.7. The normalized spacial score (nSPS) is 12.1. The summed E-state index contributed by atoms with van der Waals surface area (Å²) in [4.78, 5) is 12.1. The number of nitrogens with zero attached hydrogens (tertiary/aromatic N) is 2. The third-order valence-electron chi connectivity index (χ3n) is 2.90. The fraction of sp³-hybridized carbons (Fsp3) is 0.286. The summed E-state index contributed by atoms with van der Waals surface area (Å²) >= 11 is 3.45. The van der Waals surface area contributed by atoms with Crippen molar-refractivity contribution in [2.75, 3.05) is 5.33 Å². The maximum Gasteiger partial charge on any atom is 0.269 e. The highest BCUT2D eigenvalue weighted by atomic mass is 79.9. The third-order valence-corrected chi connectivity index (χ3v) is 3.68. The summed E-state index contributed by atoms with van der Waals surface area (Å²) < 4.78 is 1.57. The maximum absolute atomic E-state index is 12.1. The van der Waals surface area contributed by atoms with E-state index >= 15 is 0 Å². The Morgan fingerprint density at radius 2 is 2.11 bits per heavy atom. The lowest BCUT2D eigenvalue weighted by molar-refractivity contribution is 0.0931. The SMILES string of the molecule is Cn1nccc1C(=O)NC(CBr)Cc1ccccc1. The van der Waals surface area contributed by atoms with Crippen LogP contribution in [0, 0.1) is 0 Å². The van der Waals surface area contributed by atoms with E-state index in [0.29, 0.717) is 11.0 Å². The minimum atomic E-state index is -0.0969. The Balaban J connectivity index is 2.00. The number of amides is 1. The van der Waals surface area contributed by atoms with Crippen molar-refractivity contribution in [3.63, 3.8) is 0 Å². The molecule has 0 fully saturated rings. The zero-order chi connectivity index (χ0) is 13.7. The van der Waals surface area contributed by atoms with Gasteiger partial charge in [-0.2, -0.15) is 5.10 Å².